The van der Waals surface area contributed by atoms with Gasteiger partial charge in [0.15, 0.2) is 0 Å². The van der Waals surface area contributed by atoms with Crippen molar-refractivity contribution in [3.63, 3.8) is 0 Å². The molecular formula is C13H16BrNO3S. The highest BCUT2D eigenvalue weighted by Crippen LogP contribution is 2.12. The molecule has 0 heterocycles. The maximum atomic E-state index is 12.0. The van der Waals surface area contributed by atoms with Crippen LogP contribution in [0, 0.1) is 0 Å². The highest BCUT2D eigenvalue weighted by atomic mass is 79.9. The molecule has 1 aromatic rings. The van der Waals surface area contributed by atoms with Crippen molar-refractivity contribution in [3.8, 4) is 0 Å². The fourth-order valence-electron chi connectivity index (χ4n) is 1.50. The zero-order valence-electron chi connectivity index (χ0n) is 10.8. The van der Waals surface area contributed by atoms with Gasteiger partial charge in [0.25, 0.3) is 5.91 Å². The van der Waals surface area contributed by atoms with Crippen molar-refractivity contribution in [3.05, 3.63) is 34.3 Å². The molecule has 1 N–H and O–H groups in total. The van der Waals surface area contributed by atoms with E-state index in [0.717, 1.165) is 10.2 Å². The predicted molar refractivity (Wildman–Crippen MR) is 80.4 cm³/mol. The fraction of sp³-hybridized carbons (Fsp3) is 0.385. The molecule has 1 amide bonds. The fourth-order valence-corrected chi connectivity index (χ4v) is 2.37. The molecule has 0 saturated carbocycles. The Morgan fingerprint density at radius 3 is 2.79 bits per heavy atom. The molecule has 6 heteroatoms. The first-order valence-corrected chi connectivity index (χ1v) is 7.90. The first-order valence-electron chi connectivity index (χ1n) is 5.71. The van der Waals surface area contributed by atoms with Gasteiger partial charge in [0, 0.05) is 10.0 Å². The van der Waals surface area contributed by atoms with Gasteiger partial charge in [-0.05, 0) is 36.6 Å². The Hall–Kier alpha value is -1.01. The van der Waals surface area contributed by atoms with E-state index in [1.54, 1.807) is 30.0 Å². The first kappa shape index (κ1) is 16.0. The number of rotatable bonds is 6. The molecule has 0 fully saturated rings. The summed E-state index contributed by atoms with van der Waals surface area (Å²) in [5.41, 5.74) is 0.507. The van der Waals surface area contributed by atoms with Crippen LogP contribution in [0.1, 0.15) is 16.8 Å². The molecule has 0 aliphatic carbocycles. The summed E-state index contributed by atoms with van der Waals surface area (Å²) >= 11 is 4.92. The number of carbonyl (C=O) groups excluding carboxylic acids is 2. The summed E-state index contributed by atoms with van der Waals surface area (Å²) < 4.78 is 5.52. The van der Waals surface area contributed by atoms with Crippen molar-refractivity contribution in [1.29, 1.82) is 0 Å². The largest absolute Gasteiger partial charge is 0.467 e. The quantitative estimate of drug-likeness (QED) is 0.804. The van der Waals surface area contributed by atoms with Crippen LogP contribution in [0.15, 0.2) is 28.7 Å². The number of ether oxygens (including phenoxy) is 1. The SMILES string of the molecule is COC(=O)C(CCSC)NC(=O)c1cccc(Br)c1. The zero-order valence-corrected chi connectivity index (χ0v) is 13.2. The second-order valence-corrected chi connectivity index (χ2v) is 5.74. The summed E-state index contributed by atoms with van der Waals surface area (Å²) in [4.78, 5) is 23.6. The van der Waals surface area contributed by atoms with Crippen LogP contribution in [-0.4, -0.2) is 37.0 Å². The Morgan fingerprint density at radius 2 is 2.21 bits per heavy atom. The van der Waals surface area contributed by atoms with E-state index in [2.05, 4.69) is 21.2 Å². The van der Waals surface area contributed by atoms with Crippen LogP contribution in [0.25, 0.3) is 0 Å². The van der Waals surface area contributed by atoms with Crippen molar-refractivity contribution < 1.29 is 14.3 Å². The molecule has 19 heavy (non-hydrogen) atoms. The number of hydrogen-bond donors (Lipinski definition) is 1. The number of benzene rings is 1. The molecular weight excluding hydrogens is 330 g/mol. The van der Waals surface area contributed by atoms with Crippen molar-refractivity contribution in [2.75, 3.05) is 19.1 Å². The smallest absolute Gasteiger partial charge is 0.328 e. The first-order chi connectivity index (χ1) is 9.08. The van der Waals surface area contributed by atoms with Crippen LogP contribution in [0.5, 0.6) is 0 Å². The molecule has 0 spiro atoms. The average molecular weight is 346 g/mol. The molecule has 1 atom stereocenters. The van der Waals surface area contributed by atoms with E-state index in [1.165, 1.54) is 7.11 Å². The topological polar surface area (TPSA) is 55.4 Å². The van der Waals surface area contributed by atoms with Gasteiger partial charge in [0.2, 0.25) is 0 Å². The van der Waals surface area contributed by atoms with Gasteiger partial charge in [0.05, 0.1) is 7.11 Å². The lowest BCUT2D eigenvalue weighted by Crippen LogP contribution is -2.41. The van der Waals surface area contributed by atoms with Gasteiger partial charge in [-0.25, -0.2) is 4.79 Å². The van der Waals surface area contributed by atoms with Gasteiger partial charge in [-0.15, -0.1) is 0 Å². The summed E-state index contributed by atoms with van der Waals surface area (Å²) in [6, 6.07) is 6.40. The monoisotopic (exact) mass is 345 g/mol. The summed E-state index contributed by atoms with van der Waals surface area (Å²) in [6.45, 7) is 0. The van der Waals surface area contributed by atoms with Crippen molar-refractivity contribution in [2.45, 2.75) is 12.5 Å². The number of methoxy groups -OCH3 is 1. The van der Waals surface area contributed by atoms with Crippen LogP contribution in [0.2, 0.25) is 0 Å². The zero-order chi connectivity index (χ0) is 14.3. The van der Waals surface area contributed by atoms with Crippen LogP contribution in [0.4, 0.5) is 0 Å². The van der Waals surface area contributed by atoms with Gasteiger partial charge >= 0.3 is 5.97 Å². The normalized spacial score (nSPS) is 11.7. The third-order valence-corrected chi connectivity index (χ3v) is 3.63. The summed E-state index contributed by atoms with van der Waals surface area (Å²) in [7, 11) is 1.32. The van der Waals surface area contributed by atoms with Gasteiger partial charge in [0.1, 0.15) is 6.04 Å². The second-order valence-electron chi connectivity index (χ2n) is 3.84. The maximum Gasteiger partial charge on any atom is 0.328 e. The van der Waals surface area contributed by atoms with E-state index in [9.17, 15) is 9.59 Å². The van der Waals surface area contributed by atoms with Crippen molar-refractivity contribution in [2.24, 2.45) is 0 Å². The van der Waals surface area contributed by atoms with Gasteiger partial charge in [-0.1, -0.05) is 22.0 Å². The van der Waals surface area contributed by atoms with Gasteiger partial charge in [-0.3, -0.25) is 4.79 Å². The minimum atomic E-state index is -0.607. The van der Waals surface area contributed by atoms with Crippen molar-refractivity contribution >= 4 is 39.6 Å². The highest BCUT2D eigenvalue weighted by molar-refractivity contribution is 9.10. The molecule has 0 aliphatic rings. The number of nitrogens with one attached hydrogen (secondary N) is 1. The summed E-state index contributed by atoms with van der Waals surface area (Å²) in [6.07, 6.45) is 2.50. The van der Waals surface area contributed by atoms with Crippen LogP contribution < -0.4 is 5.32 Å². The number of thioether (sulfide) groups is 1. The molecule has 0 aromatic heterocycles. The molecule has 0 saturated heterocycles. The van der Waals surface area contributed by atoms with E-state index in [1.807, 2.05) is 12.3 Å². The Morgan fingerprint density at radius 1 is 1.47 bits per heavy atom. The minimum Gasteiger partial charge on any atom is -0.467 e. The standard InChI is InChI=1S/C13H16BrNO3S/c1-18-13(17)11(6-7-19-2)15-12(16)9-4-3-5-10(14)8-9/h3-5,8,11H,6-7H2,1-2H3,(H,15,16). The lowest BCUT2D eigenvalue weighted by Gasteiger charge is -2.16. The Bertz CT molecular complexity index is 453. The number of esters is 1. The summed E-state index contributed by atoms with van der Waals surface area (Å²) in [5, 5.41) is 2.70. The third-order valence-electron chi connectivity index (χ3n) is 2.49. The molecule has 104 valence electrons. The number of amides is 1. The lowest BCUT2D eigenvalue weighted by molar-refractivity contribution is -0.142. The van der Waals surface area contributed by atoms with Gasteiger partial charge < -0.3 is 10.1 Å². The van der Waals surface area contributed by atoms with Crippen LogP contribution >= 0.6 is 27.7 Å². The molecule has 1 aromatic carbocycles. The van der Waals surface area contributed by atoms with Gasteiger partial charge in [-0.2, -0.15) is 11.8 Å². The predicted octanol–water partition coefficient (Wildman–Crippen LogP) is 2.47. The third kappa shape index (κ3) is 5.24. The van der Waals surface area contributed by atoms with Crippen LogP contribution in [-0.2, 0) is 9.53 Å². The van der Waals surface area contributed by atoms with E-state index >= 15 is 0 Å². The molecule has 1 rings (SSSR count). The number of carbonyl (C=O) groups is 2. The Kier molecular flexibility index (Phi) is 6.94. The van der Waals surface area contributed by atoms with E-state index < -0.39 is 12.0 Å². The Balaban J connectivity index is 2.72. The Labute approximate surface area is 125 Å². The lowest BCUT2D eigenvalue weighted by atomic mass is 10.1. The molecule has 1 unspecified atom stereocenters. The summed E-state index contributed by atoms with van der Waals surface area (Å²) in [5.74, 6) is 0.0774. The van der Waals surface area contributed by atoms with Crippen LogP contribution in [0.3, 0.4) is 0 Å². The minimum absolute atomic E-state index is 0.280. The molecule has 0 radical (unpaired) electrons. The molecule has 4 nitrogen and oxygen atoms in total. The highest BCUT2D eigenvalue weighted by Gasteiger charge is 2.21. The number of halogens is 1. The second kappa shape index (κ2) is 8.22. The number of hydrogen-bond acceptors (Lipinski definition) is 4. The molecule has 0 aliphatic heterocycles. The van der Waals surface area contributed by atoms with E-state index in [0.29, 0.717) is 12.0 Å². The van der Waals surface area contributed by atoms with E-state index in [-0.39, 0.29) is 5.91 Å². The maximum absolute atomic E-state index is 12.0. The average Bonchev–Trinajstić information content (AvgIpc) is 2.42. The molecule has 0 bridgehead atoms. The van der Waals surface area contributed by atoms with E-state index in [4.69, 9.17) is 4.74 Å². The van der Waals surface area contributed by atoms with Crippen molar-refractivity contribution in [1.82, 2.24) is 5.32 Å².